The number of aromatic amines is 1. The highest BCUT2D eigenvalue weighted by atomic mass is 35.5. The topological polar surface area (TPSA) is 57.4 Å². The Bertz CT molecular complexity index is 638. The molecule has 0 unspecified atom stereocenters. The van der Waals surface area contributed by atoms with Crippen LogP contribution in [0.15, 0.2) is 30.3 Å². The lowest BCUT2D eigenvalue weighted by Gasteiger charge is -2.15. The molecule has 0 saturated carbocycles. The monoisotopic (exact) mass is 307 g/mol. The van der Waals surface area contributed by atoms with Gasteiger partial charge in [0.15, 0.2) is 0 Å². The fourth-order valence-electron chi connectivity index (χ4n) is 1.95. The third-order valence-electron chi connectivity index (χ3n) is 3.06. The zero-order chi connectivity index (χ0) is 15.4. The van der Waals surface area contributed by atoms with Crippen molar-refractivity contribution >= 4 is 28.9 Å². The number of hydrogen-bond donors (Lipinski definition) is 2. The van der Waals surface area contributed by atoms with Gasteiger partial charge in [0, 0.05) is 25.5 Å². The van der Waals surface area contributed by atoms with E-state index in [1.54, 1.807) is 6.07 Å². The summed E-state index contributed by atoms with van der Waals surface area (Å²) in [5, 5.41) is 3.94. The second-order valence-corrected chi connectivity index (χ2v) is 5.21. The van der Waals surface area contributed by atoms with Gasteiger partial charge in [0.1, 0.15) is 5.69 Å². The van der Waals surface area contributed by atoms with Crippen molar-refractivity contribution in [1.29, 1.82) is 0 Å². The van der Waals surface area contributed by atoms with E-state index in [0.29, 0.717) is 17.3 Å². The number of anilines is 2. The fourth-order valence-corrected chi connectivity index (χ4v) is 2.30. The highest BCUT2D eigenvalue weighted by Gasteiger charge is 2.08. The Morgan fingerprint density at radius 2 is 2.10 bits per heavy atom. The number of H-pyrrole nitrogens is 1. The number of nitrogens with zero attached hydrogens (tertiary/aromatic N) is 1. The molecular formula is C15H18ClN3O2. The quantitative estimate of drug-likeness (QED) is 0.833. The van der Waals surface area contributed by atoms with Crippen molar-refractivity contribution in [1.82, 2.24) is 4.98 Å². The molecule has 0 saturated heterocycles. The van der Waals surface area contributed by atoms with E-state index in [0.717, 1.165) is 17.1 Å². The number of carbonyl (C=O) groups is 1. The van der Waals surface area contributed by atoms with Crippen molar-refractivity contribution in [3.63, 3.8) is 0 Å². The van der Waals surface area contributed by atoms with Gasteiger partial charge in [-0.3, -0.25) is 0 Å². The Labute approximate surface area is 128 Å². The van der Waals surface area contributed by atoms with E-state index < -0.39 is 0 Å². The molecule has 1 heterocycles. The molecular weight excluding hydrogens is 290 g/mol. The highest BCUT2D eigenvalue weighted by molar-refractivity contribution is 6.33. The second-order valence-electron chi connectivity index (χ2n) is 4.80. The first-order valence-corrected chi connectivity index (χ1v) is 6.86. The number of benzene rings is 1. The first kappa shape index (κ1) is 15.3. The molecule has 1 aromatic carbocycles. The second kappa shape index (κ2) is 6.54. The van der Waals surface area contributed by atoms with Gasteiger partial charge in [-0.2, -0.15) is 0 Å². The van der Waals surface area contributed by atoms with Crippen LogP contribution < -0.4 is 10.2 Å². The normalized spacial score (nSPS) is 10.3. The first-order chi connectivity index (χ1) is 10.0. The SMILES string of the molecule is COC(=O)c1ccc(CNc2ccc(N(C)C)c(Cl)c2)[nH]1. The summed E-state index contributed by atoms with van der Waals surface area (Å²) in [5.74, 6) is -0.375. The van der Waals surface area contributed by atoms with Gasteiger partial charge < -0.3 is 19.9 Å². The molecule has 2 aromatic rings. The molecule has 1 aromatic heterocycles. The predicted molar refractivity (Wildman–Crippen MR) is 85.2 cm³/mol. The molecule has 6 heteroatoms. The van der Waals surface area contributed by atoms with E-state index >= 15 is 0 Å². The minimum atomic E-state index is -0.375. The Balaban J connectivity index is 2.01. The van der Waals surface area contributed by atoms with Crippen LogP contribution in [0.2, 0.25) is 5.02 Å². The number of aromatic nitrogens is 1. The maximum atomic E-state index is 11.4. The molecule has 2 N–H and O–H groups in total. The van der Waals surface area contributed by atoms with Crippen molar-refractivity contribution in [3.8, 4) is 0 Å². The number of rotatable bonds is 5. The smallest absolute Gasteiger partial charge is 0.354 e. The Morgan fingerprint density at radius 1 is 1.33 bits per heavy atom. The zero-order valence-corrected chi connectivity index (χ0v) is 13.0. The molecule has 0 radical (unpaired) electrons. The standard InChI is InChI=1S/C15H18ClN3O2/c1-19(2)14-7-5-10(8-12(14)16)17-9-11-4-6-13(18-11)15(20)21-3/h4-8,17-18H,9H2,1-3H3. The molecule has 112 valence electrons. The van der Waals surface area contributed by atoms with Crippen LogP contribution in [0, 0.1) is 0 Å². The van der Waals surface area contributed by atoms with Gasteiger partial charge >= 0.3 is 5.97 Å². The summed E-state index contributed by atoms with van der Waals surface area (Å²) in [6, 6.07) is 9.34. The van der Waals surface area contributed by atoms with Crippen LogP contribution in [0.4, 0.5) is 11.4 Å². The third kappa shape index (κ3) is 3.70. The average Bonchev–Trinajstić information content (AvgIpc) is 2.92. The van der Waals surface area contributed by atoms with Gasteiger partial charge in [-0.1, -0.05) is 11.6 Å². The lowest BCUT2D eigenvalue weighted by atomic mass is 10.2. The van der Waals surface area contributed by atoms with Crippen LogP contribution in [0.25, 0.3) is 0 Å². The summed E-state index contributed by atoms with van der Waals surface area (Å²) in [6.45, 7) is 0.564. The van der Waals surface area contributed by atoms with Crippen LogP contribution in [0.3, 0.4) is 0 Å². The fraction of sp³-hybridized carbons (Fsp3) is 0.267. The van der Waals surface area contributed by atoms with E-state index in [9.17, 15) is 4.79 Å². The van der Waals surface area contributed by atoms with E-state index in [2.05, 4.69) is 15.0 Å². The van der Waals surface area contributed by atoms with Gasteiger partial charge in [0.25, 0.3) is 0 Å². The number of ether oxygens (including phenoxy) is 1. The largest absolute Gasteiger partial charge is 0.464 e. The third-order valence-corrected chi connectivity index (χ3v) is 3.37. The molecule has 2 rings (SSSR count). The Morgan fingerprint density at radius 3 is 2.71 bits per heavy atom. The molecule has 21 heavy (non-hydrogen) atoms. The van der Waals surface area contributed by atoms with E-state index in [4.69, 9.17) is 11.6 Å². The molecule has 0 aliphatic carbocycles. The molecule has 0 fully saturated rings. The predicted octanol–water partition coefficient (Wildman–Crippen LogP) is 3.13. The maximum absolute atomic E-state index is 11.4. The lowest BCUT2D eigenvalue weighted by Crippen LogP contribution is -2.09. The summed E-state index contributed by atoms with van der Waals surface area (Å²) >= 11 is 6.22. The summed E-state index contributed by atoms with van der Waals surface area (Å²) < 4.78 is 4.65. The lowest BCUT2D eigenvalue weighted by molar-refractivity contribution is 0.0594. The Hall–Kier alpha value is -2.14. The highest BCUT2D eigenvalue weighted by Crippen LogP contribution is 2.27. The van der Waals surface area contributed by atoms with E-state index in [-0.39, 0.29) is 5.97 Å². The molecule has 0 aliphatic rings. The number of carbonyl (C=O) groups excluding carboxylic acids is 1. The van der Waals surface area contributed by atoms with Crippen molar-refractivity contribution < 1.29 is 9.53 Å². The van der Waals surface area contributed by atoms with Gasteiger partial charge in [0.2, 0.25) is 0 Å². The minimum Gasteiger partial charge on any atom is -0.464 e. The van der Waals surface area contributed by atoms with Gasteiger partial charge in [-0.05, 0) is 30.3 Å². The van der Waals surface area contributed by atoms with Crippen molar-refractivity contribution in [2.75, 3.05) is 31.4 Å². The molecule has 0 bridgehead atoms. The first-order valence-electron chi connectivity index (χ1n) is 6.48. The number of hydrogen-bond acceptors (Lipinski definition) is 4. The number of halogens is 1. The van der Waals surface area contributed by atoms with Crippen molar-refractivity contribution in [3.05, 3.63) is 46.7 Å². The van der Waals surface area contributed by atoms with Crippen molar-refractivity contribution in [2.45, 2.75) is 6.54 Å². The van der Waals surface area contributed by atoms with Gasteiger partial charge in [-0.25, -0.2) is 4.79 Å². The Kier molecular flexibility index (Phi) is 4.75. The summed E-state index contributed by atoms with van der Waals surface area (Å²) in [5.41, 5.74) is 3.22. The van der Waals surface area contributed by atoms with Gasteiger partial charge in [0.05, 0.1) is 24.4 Å². The summed E-state index contributed by atoms with van der Waals surface area (Å²) in [4.78, 5) is 16.3. The minimum absolute atomic E-state index is 0.375. The molecule has 0 spiro atoms. The molecule has 5 nitrogen and oxygen atoms in total. The maximum Gasteiger partial charge on any atom is 0.354 e. The molecule has 0 atom stereocenters. The van der Waals surface area contributed by atoms with Crippen LogP contribution in [-0.2, 0) is 11.3 Å². The van der Waals surface area contributed by atoms with E-state index in [1.807, 2.05) is 43.3 Å². The number of methoxy groups -OCH3 is 1. The summed E-state index contributed by atoms with van der Waals surface area (Å²) in [7, 11) is 5.25. The zero-order valence-electron chi connectivity index (χ0n) is 12.2. The molecule has 0 aliphatic heterocycles. The van der Waals surface area contributed by atoms with Crippen LogP contribution in [0.1, 0.15) is 16.2 Å². The van der Waals surface area contributed by atoms with Crippen LogP contribution >= 0.6 is 11.6 Å². The summed E-state index contributed by atoms with van der Waals surface area (Å²) in [6.07, 6.45) is 0. The van der Waals surface area contributed by atoms with Crippen LogP contribution in [0.5, 0.6) is 0 Å². The van der Waals surface area contributed by atoms with Crippen molar-refractivity contribution in [2.24, 2.45) is 0 Å². The van der Waals surface area contributed by atoms with Crippen LogP contribution in [-0.4, -0.2) is 32.2 Å². The van der Waals surface area contributed by atoms with Gasteiger partial charge in [-0.15, -0.1) is 0 Å². The van der Waals surface area contributed by atoms with E-state index in [1.165, 1.54) is 7.11 Å². The average molecular weight is 308 g/mol. The number of esters is 1. The molecule has 0 amide bonds. The number of nitrogens with one attached hydrogen (secondary N) is 2.